The first-order chi connectivity index (χ1) is 9.27. The van der Waals surface area contributed by atoms with Crippen LogP contribution >= 0.6 is 0 Å². The normalized spacial score (nSPS) is 11.1. The van der Waals surface area contributed by atoms with Crippen LogP contribution in [0.5, 0.6) is 0 Å². The predicted octanol–water partition coefficient (Wildman–Crippen LogP) is 4.05. The minimum Gasteiger partial charge on any atom is -0.390 e. The first kappa shape index (κ1) is 13.2. The number of halogens is 2. The Morgan fingerprint density at radius 3 is 2.42 bits per heavy atom. The fraction of sp³-hybridized carbons (Fsp3) is 0.133. The van der Waals surface area contributed by atoms with Crippen molar-refractivity contribution in [2.75, 3.05) is 0 Å². The van der Waals surface area contributed by atoms with Gasteiger partial charge < -0.3 is 4.84 Å². The molecule has 2 rings (SSSR count). The molecule has 0 fully saturated rings. The Bertz CT molecular complexity index is 541. The summed E-state index contributed by atoms with van der Waals surface area (Å²) in [5, 5.41) is 3.64. The number of hydrogen-bond donors (Lipinski definition) is 0. The summed E-state index contributed by atoms with van der Waals surface area (Å²) in [5.74, 6) is 0. The van der Waals surface area contributed by atoms with Crippen LogP contribution in [0, 0.1) is 0 Å². The lowest BCUT2D eigenvalue weighted by atomic mass is 10.1. The molecule has 0 atom stereocenters. The lowest BCUT2D eigenvalue weighted by molar-refractivity contribution is 0.120. The molecular formula is C15H12F2NO. The zero-order valence-corrected chi connectivity index (χ0v) is 10.1. The maximum Gasteiger partial charge on any atom is 0.264 e. The Balaban J connectivity index is 1.95. The molecule has 0 bridgehead atoms. The van der Waals surface area contributed by atoms with Gasteiger partial charge in [-0.3, -0.25) is 0 Å². The second kappa shape index (κ2) is 6.64. The Kier molecular flexibility index (Phi) is 4.61. The highest BCUT2D eigenvalue weighted by Crippen LogP contribution is 2.23. The number of benzene rings is 2. The molecule has 2 nitrogen and oxygen atoms in total. The van der Waals surface area contributed by atoms with Gasteiger partial charge in [-0.05, 0) is 0 Å². The highest BCUT2D eigenvalue weighted by molar-refractivity contribution is 5.78. The molecule has 0 amide bonds. The number of hydrogen-bond acceptors (Lipinski definition) is 2. The van der Waals surface area contributed by atoms with Gasteiger partial charge in [0.2, 0.25) is 0 Å². The molecule has 0 saturated carbocycles. The van der Waals surface area contributed by atoms with Crippen LogP contribution < -0.4 is 0 Å². The maximum atomic E-state index is 12.7. The fourth-order valence-electron chi connectivity index (χ4n) is 1.58. The Morgan fingerprint density at radius 1 is 1.00 bits per heavy atom. The van der Waals surface area contributed by atoms with E-state index in [9.17, 15) is 8.78 Å². The van der Waals surface area contributed by atoms with Crippen molar-refractivity contribution in [1.82, 2.24) is 0 Å². The summed E-state index contributed by atoms with van der Waals surface area (Å²) in [6.07, 6.45) is 0.167. The molecule has 0 saturated heterocycles. The zero-order chi connectivity index (χ0) is 13.5. The molecule has 0 aliphatic carbocycles. The molecule has 97 valence electrons. The molecule has 0 unspecified atom stereocenters. The summed E-state index contributed by atoms with van der Waals surface area (Å²) in [6.45, 7) is 0.000344. The third kappa shape index (κ3) is 3.88. The summed E-state index contributed by atoms with van der Waals surface area (Å²) in [5.41, 5.74) is 1.16. The Labute approximate surface area is 110 Å². The molecule has 2 aromatic carbocycles. The monoisotopic (exact) mass is 260 g/mol. The molecule has 0 heterocycles. The standard InChI is InChI=1S/C15H12F2NO/c16-15(17)14-9-5-4-8-13(14)11-19-18-10-12-6-2-1-3-7-12/h1-9,15H,11H2. The van der Waals surface area contributed by atoms with Crippen LogP contribution in [0.3, 0.4) is 0 Å². The number of nitrogens with zero attached hydrogens (tertiary/aromatic N) is 1. The van der Waals surface area contributed by atoms with Gasteiger partial charge >= 0.3 is 0 Å². The van der Waals surface area contributed by atoms with E-state index in [4.69, 9.17) is 4.84 Å². The van der Waals surface area contributed by atoms with Crippen molar-refractivity contribution in [3.05, 3.63) is 71.3 Å². The lowest BCUT2D eigenvalue weighted by Crippen LogP contribution is -1.95. The van der Waals surface area contributed by atoms with Crippen LogP contribution in [0.1, 0.15) is 23.1 Å². The van der Waals surface area contributed by atoms with E-state index in [1.807, 2.05) is 30.3 Å². The van der Waals surface area contributed by atoms with Gasteiger partial charge in [-0.25, -0.2) is 8.78 Å². The average Bonchev–Trinajstić information content (AvgIpc) is 2.45. The van der Waals surface area contributed by atoms with Crippen molar-refractivity contribution < 1.29 is 13.6 Å². The van der Waals surface area contributed by atoms with Crippen LogP contribution in [-0.4, -0.2) is 6.21 Å². The van der Waals surface area contributed by atoms with Crippen molar-refractivity contribution in [3.63, 3.8) is 0 Å². The number of rotatable bonds is 5. The molecule has 0 aromatic heterocycles. The van der Waals surface area contributed by atoms with Crippen molar-refractivity contribution in [1.29, 1.82) is 0 Å². The molecule has 0 aliphatic rings. The second-order valence-electron chi connectivity index (χ2n) is 3.84. The van der Waals surface area contributed by atoms with Crippen LogP contribution in [0.15, 0.2) is 59.8 Å². The smallest absolute Gasteiger partial charge is 0.264 e. The van der Waals surface area contributed by atoms with Crippen molar-refractivity contribution in [2.45, 2.75) is 13.0 Å². The second-order valence-corrected chi connectivity index (χ2v) is 3.84. The van der Waals surface area contributed by atoms with Gasteiger partial charge in [0.25, 0.3) is 6.43 Å². The van der Waals surface area contributed by atoms with Crippen LogP contribution in [0.2, 0.25) is 0 Å². The zero-order valence-electron chi connectivity index (χ0n) is 10.1. The van der Waals surface area contributed by atoms with E-state index in [0.717, 1.165) is 5.56 Å². The van der Waals surface area contributed by atoms with E-state index in [1.165, 1.54) is 6.07 Å². The topological polar surface area (TPSA) is 21.6 Å². The largest absolute Gasteiger partial charge is 0.390 e. The van der Waals surface area contributed by atoms with Crippen LogP contribution in [0.4, 0.5) is 8.78 Å². The molecule has 4 heteroatoms. The lowest BCUT2D eigenvalue weighted by Gasteiger charge is -2.06. The molecule has 19 heavy (non-hydrogen) atoms. The predicted molar refractivity (Wildman–Crippen MR) is 69.2 cm³/mol. The van der Waals surface area contributed by atoms with Gasteiger partial charge in [0, 0.05) is 16.7 Å². The summed E-state index contributed by atoms with van der Waals surface area (Å²) in [7, 11) is 0. The Hall–Kier alpha value is -2.23. The highest BCUT2D eigenvalue weighted by Gasteiger charge is 2.11. The van der Waals surface area contributed by atoms with Crippen molar-refractivity contribution in [3.8, 4) is 0 Å². The van der Waals surface area contributed by atoms with Crippen molar-refractivity contribution in [2.24, 2.45) is 5.16 Å². The molecule has 1 radical (unpaired) electrons. The van der Waals surface area contributed by atoms with Gasteiger partial charge in [-0.2, -0.15) is 0 Å². The minimum absolute atomic E-state index is 0.000344. The van der Waals surface area contributed by atoms with E-state index in [1.54, 1.807) is 18.2 Å². The third-order valence-corrected chi connectivity index (χ3v) is 2.52. The highest BCUT2D eigenvalue weighted by atomic mass is 19.3. The summed E-state index contributed by atoms with van der Waals surface area (Å²) >= 11 is 0. The SMILES string of the molecule is FC(F)c1ccccc1CO/N=[C]\c1ccccc1. The van der Waals surface area contributed by atoms with Gasteiger partial charge in [0.1, 0.15) is 12.8 Å². The number of alkyl halides is 2. The van der Waals surface area contributed by atoms with E-state index in [2.05, 4.69) is 11.4 Å². The maximum absolute atomic E-state index is 12.7. The molecule has 0 N–H and O–H groups in total. The third-order valence-electron chi connectivity index (χ3n) is 2.52. The van der Waals surface area contributed by atoms with E-state index >= 15 is 0 Å². The average molecular weight is 260 g/mol. The Morgan fingerprint density at radius 2 is 1.68 bits per heavy atom. The van der Waals surface area contributed by atoms with Crippen LogP contribution in [-0.2, 0) is 11.4 Å². The van der Waals surface area contributed by atoms with E-state index < -0.39 is 6.43 Å². The van der Waals surface area contributed by atoms with Gasteiger partial charge in [-0.15, -0.1) is 0 Å². The first-order valence-corrected chi connectivity index (χ1v) is 5.76. The van der Waals surface area contributed by atoms with E-state index in [0.29, 0.717) is 5.56 Å². The summed E-state index contributed by atoms with van der Waals surface area (Å²) in [4.78, 5) is 5.00. The first-order valence-electron chi connectivity index (χ1n) is 5.76. The van der Waals surface area contributed by atoms with Gasteiger partial charge in [0.05, 0.1) is 0 Å². The molecule has 2 aromatic rings. The van der Waals surface area contributed by atoms with E-state index in [-0.39, 0.29) is 12.2 Å². The van der Waals surface area contributed by atoms with Crippen LogP contribution in [0.25, 0.3) is 0 Å². The summed E-state index contributed by atoms with van der Waals surface area (Å²) in [6, 6.07) is 15.5. The molecular weight excluding hydrogens is 248 g/mol. The van der Waals surface area contributed by atoms with Gasteiger partial charge in [0.15, 0.2) is 0 Å². The quantitative estimate of drug-likeness (QED) is 0.587. The molecule has 0 spiro atoms. The van der Waals surface area contributed by atoms with Gasteiger partial charge in [-0.1, -0.05) is 59.8 Å². The molecule has 0 aliphatic heterocycles. The summed E-state index contributed by atoms with van der Waals surface area (Å²) < 4.78 is 25.4. The fourth-order valence-corrected chi connectivity index (χ4v) is 1.58. The minimum atomic E-state index is -2.51. The van der Waals surface area contributed by atoms with Crippen molar-refractivity contribution >= 4 is 6.21 Å².